The first-order chi connectivity index (χ1) is 8.13. The number of nitrogens with one attached hydrogen (secondary N) is 1. The largest absolute Gasteiger partial charge is 0.271 e. The molecule has 1 unspecified atom stereocenters. The maximum atomic E-state index is 6.03. The zero-order valence-electron chi connectivity index (χ0n) is 9.81. The molecule has 4 nitrogen and oxygen atoms in total. The Balaban J connectivity index is 2.49. The van der Waals surface area contributed by atoms with Crippen LogP contribution in [0.3, 0.4) is 0 Å². The summed E-state index contributed by atoms with van der Waals surface area (Å²) < 4.78 is 1.80. The monoisotopic (exact) mass is 250 g/mol. The first-order valence-electron chi connectivity index (χ1n) is 5.33. The molecule has 0 aliphatic rings. The van der Waals surface area contributed by atoms with Gasteiger partial charge in [0.15, 0.2) is 0 Å². The van der Waals surface area contributed by atoms with Crippen molar-refractivity contribution in [3.63, 3.8) is 0 Å². The van der Waals surface area contributed by atoms with Crippen LogP contribution in [0, 0.1) is 6.92 Å². The minimum absolute atomic E-state index is 0.110. The van der Waals surface area contributed by atoms with E-state index in [1.54, 1.807) is 10.9 Å². The summed E-state index contributed by atoms with van der Waals surface area (Å²) >= 11 is 6.03. The molecular weight excluding hydrogens is 236 g/mol. The van der Waals surface area contributed by atoms with Crippen LogP contribution in [-0.4, -0.2) is 9.78 Å². The maximum Gasteiger partial charge on any atom is 0.0881 e. The van der Waals surface area contributed by atoms with Crippen molar-refractivity contribution < 1.29 is 0 Å². The van der Waals surface area contributed by atoms with Crippen LogP contribution in [0.1, 0.15) is 22.9 Å². The van der Waals surface area contributed by atoms with Crippen LogP contribution in [-0.2, 0) is 7.05 Å². The number of benzene rings is 1. The molecule has 5 heteroatoms. The molecule has 0 spiro atoms. The average molecular weight is 251 g/mol. The van der Waals surface area contributed by atoms with E-state index in [1.165, 1.54) is 0 Å². The summed E-state index contributed by atoms with van der Waals surface area (Å²) in [6, 6.07) is 7.61. The fourth-order valence-corrected chi connectivity index (χ4v) is 2.10. The van der Waals surface area contributed by atoms with Crippen LogP contribution in [0.4, 0.5) is 0 Å². The minimum atomic E-state index is -0.110. The number of rotatable bonds is 3. The van der Waals surface area contributed by atoms with Crippen molar-refractivity contribution in [1.29, 1.82) is 0 Å². The van der Waals surface area contributed by atoms with Gasteiger partial charge in [0.05, 0.1) is 11.7 Å². The van der Waals surface area contributed by atoms with Gasteiger partial charge in [-0.05, 0) is 36.2 Å². The van der Waals surface area contributed by atoms with Crippen LogP contribution < -0.4 is 11.3 Å². The fraction of sp³-hybridized carbons (Fsp3) is 0.250. The van der Waals surface area contributed by atoms with Crippen LogP contribution in [0.15, 0.2) is 30.5 Å². The second-order valence-electron chi connectivity index (χ2n) is 3.98. The number of nitrogens with two attached hydrogens (primary N) is 1. The molecule has 1 heterocycles. The normalized spacial score (nSPS) is 12.7. The van der Waals surface area contributed by atoms with Crippen LogP contribution in [0.2, 0.25) is 5.02 Å². The first-order valence-corrected chi connectivity index (χ1v) is 5.71. The highest BCUT2D eigenvalue weighted by Gasteiger charge is 2.17. The van der Waals surface area contributed by atoms with Gasteiger partial charge in [0.2, 0.25) is 0 Å². The van der Waals surface area contributed by atoms with E-state index in [0.29, 0.717) is 5.02 Å². The molecule has 0 amide bonds. The molecule has 1 aromatic carbocycles. The third-order valence-electron chi connectivity index (χ3n) is 2.87. The second-order valence-corrected chi connectivity index (χ2v) is 4.42. The van der Waals surface area contributed by atoms with Gasteiger partial charge in [-0.1, -0.05) is 17.7 Å². The van der Waals surface area contributed by atoms with Crippen molar-refractivity contribution in [3.05, 3.63) is 52.3 Å². The third kappa shape index (κ3) is 2.34. The molecule has 1 atom stereocenters. The van der Waals surface area contributed by atoms with Gasteiger partial charge in [-0.15, -0.1) is 0 Å². The smallest absolute Gasteiger partial charge is 0.0881 e. The number of halogens is 1. The molecule has 0 saturated carbocycles. The van der Waals surface area contributed by atoms with Crippen molar-refractivity contribution >= 4 is 11.6 Å². The predicted octanol–water partition coefficient (Wildman–Crippen LogP) is 1.93. The lowest BCUT2D eigenvalue weighted by Crippen LogP contribution is -2.30. The lowest BCUT2D eigenvalue weighted by atomic mass is 9.99. The number of hydrazine groups is 1. The molecule has 1 aromatic heterocycles. The van der Waals surface area contributed by atoms with Gasteiger partial charge in [-0.2, -0.15) is 5.10 Å². The van der Waals surface area contributed by atoms with Gasteiger partial charge in [-0.3, -0.25) is 10.5 Å². The Morgan fingerprint density at radius 1 is 1.41 bits per heavy atom. The van der Waals surface area contributed by atoms with Crippen molar-refractivity contribution in [3.8, 4) is 0 Å². The van der Waals surface area contributed by atoms with E-state index < -0.39 is 0 Å². The fourth-order valence-electron chi connectivity index (χ4n) is 1.92. The zero-order valence-corrected chi connectivity index (χ0v) is 10.6. The Hall–Kier alpha value is -1.36. The molecule has 0 fully saturated rings. The summed E-state index contributed by atoms with van der Waals surface area (Å²) in [6.07, 6.45) is 1.75. The molecule has 2 aromatic rings. The number of aryl methyl sites for hydroxylation is 2. The number of aromatic nitrogens is 2. The molecule has 90 valence electrons. The van der Waals surface area contributed by atoms with Gasteiger partial charge in [0.1, 0.15) is 0 Å². The molecule has 0 aliphatic carbocycles. The second kappa shape index (κ2) is 4.87. The average Bonchev–Trinajstić information content (AvgIpc) is 2.71. The highest BCUT2D eigenvalue weighted by Crippen LogP contribution is 2.26. The van der Waals surface area contributed by atoms with Crippen molar-refractivity contribution in [2.45, 2.75) is 13.0 Å². The molecular formula is C12H15ClN4. The van der Waals surface area contributed by atoms with Crippen molar-refractivity contribution in [2.75, 3.05) is 0 Å². The Morgan fingerprint density at radius 3 is 2.76 bits per heavy atom. The summed E-state index contributed by atoms with van der Waals surface area (Å²) in [6.45, 7) is 2.03. The Kier molecular flexibility index (Phi) is 3.47. The van der Waals surface area contributed by atoms with E-state index in [1.807, 2.05) is 38.2 Å². The Bertz CT molecular complexity index is 521. The van der Waals surface area contributed by atoms with E-state index in [9.17, 15) is 0 Å². The first kappa shape index (κ1) is 12.1. The van der Waals surface area contributed by atoms with Gasteiger partial charge < -0.3 is 0 Å². The highest BCUT2D eigenvalue weighted by atomic mass is 35.5. The number of nitrogens with zero attached hydrogens (tertiary/aromatic N) is 2. The molecule has 2 rings (SSSR count). The Morgan fingerprint density at radius 2 is 2.18 bits per heavy atom. The summed E-state index contributed by atoms with van der Waals surface area (Å²) in [5.74, 6) is 5.65. The standard InChI is InChI=1S/C12H15ClN4/c1-8-3-4-9(13)7-10(8)12(16-14)11-5-6-15-17(11)2/h3-7,12,16H,14H2,1-2H3. The topological polar surface area (TPSA) is 55.9 Å². The van der Waals surface area contributed by atoms with Crippen LogP contribution >= 0.6 is 11.6 Å². The van der Waals surface area contributed by atoms with Gasteiger partial charge in [-0.25, -0.2) is 5.43 Å². The minimum Gasteiger partial charge on any atom is -0.271 e. The van der Waals surface area contributed by atoms with E-state index in [0.717, 1.165) is 16.8 Å². The van der Waals surface area contributed by atoms with E-state index >= 15 is 0 Å². The quantitative estimate of drug-likeness (QED) is 0.647. The molecule has 0 aliphatic heterocycles. The van der Waals surface area contributed by atoms with Crippen LogP contribution in [0.5, 0.6) is 0 Å². The van der Waals surface area contributed by atoms with E-state index in [-0.39, 0.29) is 6.04 Å². The van der Waals surface area contributed by atoms with Gasteiger partial charge in [0, 0.05) is 18.3 Å². The van der Waals surface area contributed by atoms with Crippen molar-refractivity contribution in [1.82, 2.24) is 15.2 Å². The van der Waals surface area contributed by atoms with E-state index in [2.05, 4.69) is 10.5 Å². The summed E-state index contributed by atoms with van der Waals surface area (Å²) in [5, 5.41) is 4.85. The SMILES string of the molecule is Cc1ccc(Cl)cc1C(NN)c1ccnn1C. The maximum absolute atomic E-state index is 6.03. The number of hydrogen-bond acceptors (Lipinski definition) is 3. The predicted molar refractivity (Wildman–Crippen MR) is 68.6 cm³/mol. The number of hydrogen-bond donors (Lipinski definition) is 2. The Labute approximate surface area is 105 Å². The molecule has 0 saturated heterocycles. The molecule has 3 N–H and O–H groups in total. The summed E-state index contributed by atoms with van der Waals surface area (Å²) in [7, 11) is 1.89. The molecule has 0 bridgehead atoms. The summed E-state index contributed by atoms with van der Waals surface area (Å²) in [5.41, 5.74) is 6.00. The van der Waals surface area contributed by atoms with Crippen molar-refractivity contribution in [2.24, 2.45) is 12.9 Å². The highest BCUT2D eigenvalue weighted by molar-refractivity contribution is 6.30. The van der Waals surface area contributed by atoms with Crippen LogP contribution in [0.25, 0.3) is 0 Å². The lowest BCUT2D eigenvalue weighted by Gasteiger charge is -2.19. The van der Waals surface area contributed by atoms with Gasteiger partial charge in [0.25, 0.3) is 0 Å². The zero-order chi connectivity index (χ0) is 12.4. The molecule has 17 heavy (non-hydrogen) atoms. The van der Waals surface area contributed by atoms with Gasteiger partial charge >= 0.3 is 0 Å². The lowest BCUT2D eigenvalue weighted by molar-refractivity contribution is 0.573. The van der Waals surface area contributed by atoms with E-state index in [4.69, 9.17) is 17.4 Å². The summed E-state index contributed by atoms with van der Waals surface area (Å²) in [4.78, 5) is 0. The molecule has 0 radical (unpaired) electrons. The third-order valence-corrected chi connectivity index (χ3v) is 3.11.